The van der Waals surface area contributed by atoms with Gasteiger partial charge in [0.1, 0.15) is 0 Å². The molecule has 0 atom stereocenters. The van der Waals surface area contributed by atoms with Crippen molar-refractivity contribution in [1.82, 2.24) is 0 Å². The Balaban J connectivity index is 3.70. The van der Waals surface area contributed by atoms with Crippen LogP contribution in [0.1, 0.15) is 6.42 Å². The molecule has 0 saturated carbocycles. The van der Waals surface area contributed by atoms with Crippen LogP contribution in [0.5, 0.6) is 0 Å². The van der Waals surface area contributed by atoms with E-state index >= 15 is 0 Å². The van der Waals surface area contributed by atoms with Gasteiger partial charge in [-0.2, -0.15) is 0 Å². The maximum absolute atomic E-state index is 9.47. The minimum atomic E-state index is -2.51. The molecule has 0 heterocycles. The molecule has 4 heteroatoms. The summed E-state index contributed by atoms with van der Waals surface area (Å²) < 4.78 is 0. The van der Waals surface area contributed by atoms with Gasteiger partial charge in [0.25, 0.3) is 6.29 Å². The second-order valence-corrected chi connectivity index (χ2v) is 1.27. The lowest BCUT2D eigenvalue weighted by atomic mass is 10.2. The summed E-state index contributed by atoms with van der Waals surface area (Å²) in [6.07, 6.45) is 2.04. The highest BCUT2D eigenvalue weighted by Gasteiger charge is 2.21. The van der Waals surface area contributed by atoms with E-state index in [-0.39, 0.29) is 0 Å². The lowest BCUT2D eigenvalue weighted by molar-refractivity contribution is -0.0918. The summed E-state index contributed by atoms with van der Waals surface area (Å²) in [6, 6.07) is 0. The van der Waals surface area contributed by atoms with Crippen molar-refractivity contribution >= 4 is 12.5 Å². The monoisotopic (exact) mass is 115 g/mol. The Hall–Kier alpha value is -0.740. The van der Waals surface area contributed by atoms with Gasteiger partial charge in [-0.3, -0.25) is 4.79 Å². The molecular formula is C4H5NO3. The lowest BCUT2D eigenvalue weighted by Gasteiger charge is -2.06. The summed E-state index contributed by atoms with van der Waals surface area (Å²) >= 11 is 0. The number of hydrogen-bond donors (Lipinski definition) is 3. The summed E-state index contributed by atoms with van der Waals surface area (Å²) in [5, 5.41) is 22.8. The normalized spacial score (nSPS) is 10.8. The lowest BCUT2D eigenvalue weighted by Crippen LogP contribution is -2.29. The van der Waals surface area contributed by atoms with Gasteiger partial charge in [0.05, 0.1) is 12.6 Å². The molecule has 0 aromatic heterocycles. The number of nitrogens with one attached hydrogen (secondary N) is 1. The SMILES string of the molecule is N=[C]CC(O)(O)[C]=O. The van der Waals surface area contributed by atoms with Crippen molar-refractivity contribution in [1.29, 1.82) is 5.41 Å². The van der Waals surface area contributed by atoms with E-state index in [9.17, 15) is 4.79 Å². The standard InChI is InChI=1S/C4H5NO3/c5-2-1-4(7,8)3-6/h5,7-8H,1H2. The summed E-state index contributed by atoms with van der Waals surface area (Å²) in [4.78, 5) is 9.47. The molecule has 3 N–H and O–H groups in total. The molecular weight excluding hydrogens is 110 g/mol. The van der Waals surface area contributed by atoms with Crippen LogP contribution in [0.2, 0.25) is 0 Å². The van der Waals surface area contributed by atoms with Crippen molar-refractivity contribution in [3.8, 4) is 0 Å². The van der Waals surface area contributed by atoms with Crippen LogP contribution in [0.15, 0.2) is 0 Å². The summed E-state index contributed by atoms with van der Waals surface area (Å²) in [7, 11) is 0. The summed E-state index contributed by atoms with van der Waals surface area (Å²) in [6.45, 7) is 0. The average Bonchev–Trinajstić information content (AvgIpc) is 1.67. The number of aliphatic hydroxyl groups is 2. The van der Waals surface area contributed by atoms with E-state index in [1.807, 2.05) is 0 Å². The van der Waals surface area contributed by atoms with Crippen LogP contribution in [0.25, 0.3) is 0 Å². The first kappa shape index (κ1) is 7.26. The molecule has 0 bridgehead atoms. The molecule has 0 unspecified atom stereocenters. The minimum absolute atomic E-state index is 0.531. The van der Waals surface area contributed by atoms with Crippen molar-refractivity contribution in [2.75, 3.05) is 0 Å². The maximum Gasteiger partial charge on any atom is 0.263 e. The molecule has 0 aliphatic carbocycles. The minimum Gasteiger partial charge on any atom is -0.359 e. The summed E-state index contributed by atoms with van der Waals surface area (Å²) in [5.74, 6) is -2.51. The fourth-order valence-corrected chi connectivity index (χ4v) is 0.159. The molecule has 0 rings (SSSR count). The predicted octanol–water partition coefficient (Wildman–Crippen LogP) is -1.31. The zero-order valence-electron chi connectivity index (χ0n) is 4.01. The molecule has 0 aromatic carbocycles. The molecule has 0 saturated heterocycles. The first-order chi connectivity index (χ1) is 3.62. The highest BCUT2D eigenvalue weighted by Crippen LogP contribution is 1.96. The van der Waals surface area contributed by atoms with Gasteiger partial charge >= 0.3 is 0 Å². The quantitative estimate of drug-likeness (QED) is 0.315. The van der Waals surface area contributed by atoms with E-state index in [2.05, 4.69) is 0 Å². The maximum atomic E-state index is 9.47. The van der Waals surface area contributed by atoms with Crippen LogP contribution in [-0.4, -0.2) is 28.5 Å². The fourth-order valence-electron chi connectivity index (χ4n) is 0.159. The van der Waals surface area contributed by atoms with E-state index in [1.54, 1.807) is 6.21 Å². The molecule has 0 amide bonds. The van der Waals surface area contributed by atoms with Crippen molar-refractivity contribution in [2.45, 2.75) is 12.2 Å². The van der Waals surface area contributed by atoms with Gasteiger partial charge in [-0.1, -0.05) is 0 Å². The van der Waals surface area contributed by atoms with Crippen molar-refractivity contribution in [3.05, 3.63) is 0 Å². The van der Waals surface area contributed by atoms with Gasteiger partial charge in [-0.25, -0.2) is 0 Å². The van der Waals surface area contributed by atoms with E-state index < -0.39 is 12.2 Å². The molecule has 44 valence electrons. The van der Waals surface area contributed by atoms with Gasteiger partial charge < -0.3 is 15.6 Å². The van der Waals surface area contributed by atoms with Crippen LogP contribution >= 0.6 is 0 Å². The largest absolute Gasteiger partial charge is 0.359 e. The van der Waals surface area contributed by atoms with Gasteiger partial charge in [-0.05, 0) is 0 Å². The predicted molar refractivity (Wildman–Crippen MR) is 25.2 cm³/mol. The van der Waals surface area contributed by atoms with E-state index in [0.29, 0.717) is 0 Å². The number of hydrogen-bond acceptors (Lipinski definition) is 4. The molecule has 8 heavy (non-hydrogen) atoms. The third-order valence-electron chi connectivity index (χ3n) is 0.498. The van der Waals surface area contributed by atoms with Crippen LogP contribution in [0, 0.1) is 5.41 Å². The van der Waals surface area contributed by atoms with Gasteiger partial charge in [0, 0.05) is 0 Å². The highest BCUT2D eigenvalue weighted by molar-refractivity contribution is 5.68. The smallest absolute Gasteiger partial charge is 0.263 e. The molecule has 0 aliphatic rings. The number of rotatable bonds is 3. The van der Waals surface area contributed by atoms with Crippen molar-refractivity contribution in [3.63, 3.8) is 0 Å². The summed E-state index contributed by atoms with van der Waals surface area (Å²) in [5.41, 5.74) is 0. The Kier molecular flexibility index (Phi) is 2.30. The van der Waals surface area contributed by atoms with E-state index in [4.69, 9.17) is 15.6 Å². The van der Waals surface area contributed by atoms with Gasteiger partial charge in [0.2, 0.25) is 5.79 Å². The van der Waals surface area contributed by atoms with Crippen LogP contribution in [0.4, 0.5) is 0 Å². The third-order valence-corrected chi connectivity index (χ3v) is 0.498. The van der Waals surface area contributed by atoms with E-state index in [1.165, 1.54) is 0 Å². The van der Waals surface area contributed by atoms with Crippen LogP contribution in [-0.2, 0) is 4.79 Å². The Labute approximate surface area is 46.3 Å². The highest BCUT2D eigenvalue weighted by atomic mass is 16.5. The van der Waals surface area contributed by atoms with Crippen molar-refractivity contribution < 1.29 is 15.0 Å². The van der Waals surface area contributed by atoms with E-state index in [0.717, 1.165) is 6.29 Å². The number of carbonyl (C=O) groups excluding carboxylic acids is 1. The Morgan fingerprint density at radius 2 is 2.12 bits per heavy atom. The average molecular weight is 115 g/mol. The Morgan fingerprint density at radius 3 is 2.25 bits per heavy atom. The molecule has 0 aliphatic heterocycles. The molecule has 4 nitrogen and oxygen atoms in total. The first-order valence-electron chi connectivity index (χ1n) is 1.86. The second kappa shape index (κ2) is 2.54. The topological polar surface area (TPSA) is 81.4 Å². The Morgan fingerprint density at radius 1 is 1.62 bits per heavy atom. The van der Waals surface area contributed by atoms with Gasteiger partial charge in [0.15, 0.2) is 0 Å². The van der Waals surface area contributed by atoms with Gasteiger partial charge in [-0.15, -0.1) is 0 Å². The molecule has 0 fully saturated rings. The third kappa shape index (κ3) is 2.44. The molecule has 0 aromatic rings. The Bertz CT molecular complexity index is 99.5. The molecule has 0 spiro atoms. The van der Waals surface area contributed by atoms with Crippen molar-refractivity contribution in [2.24, 2.45) is 0 Å². The zero-order chi connectivity index (χ0) is 6.62. The second-order valence-electron chi connectivity index (χ2n) is 1.27. The molecule has 2 radical (unpaired) electrons. The first-order valence-corrected chi connectivity index (χ1v) is 1.86. The van der Waals surface area contributed by atoms with Crippen LogP contribution < -0.4 is 0 Å². The van der Waals surface area contributed by atoms with Crippen LogP contribution in [0.3, 0.4) is 0 Å². The zero-order valence-corrected chi connectivity index (χ0v) is 4.01. The fraction of sp³-hybridized carbons (Fsp3) is 0.500.